The normalized spacial score (nSPS) is 34.4. The van der Waals surface area contributed by atoms with Gasteiger partial charge < -0.3 is 10.1 Å². The highest BCUT2D eigenvalue weighted by atomic mass is 16.5. The fraction of sp³-hybridized carbons (Fsp3) is 0.708. The van der Waals surface area contributed by atoms with Crippen molar-refractivity contribution in [2.75, 3.05) is 0 Å². The van der Waals surface area contributed by atoms with Crippen LogP contribution in [0.2, 0.25) is 0 Å². The molecule has 4 unspecified atom stereocenters. The van der Waals surface area contributed by atoms with Crippen molar-refractivity contribution in [3.05, 3.63) is 29.8 Å². The zero-order valence-corrected chi connectivity index (χ0v) is 18.1. The molecule has 4 bridgehead atoms. The second-order valence-electron chi connectivity index (χ2n) is 10.2. The van der Waals surface area contributed by atoms with E-state index in [0.717, 1.165) is 24.2 Å². The highest BCUT2D eigenvalue weighted by Crippen LogP contribution is 2.54. The van der Waals surface area contributed by atoms with Gasteiger partial charge in [-0.15, -0.1) is 0 Å². The summed E-state index contributed by atoms with van der Waals surface area (Å²) >= 11 is 0. The van der Waals surface area contributed by atoms with Crippen LogP contribution in [0.4, 0.5) is 0 Å². The average Bonchev–Trinajstić information content (AvgIpc) is 2.60. The van der Waals surface area contributed by atoms with E-state index >= 15 is 0 Å². The molecule has 4 atom stereocenters. The van der Waals surface area contributed by atoms with E-state index in [9.17, 15) is 4.79 Å². The summed E-state index contributed by atoms with van der Waals surface area (Å²) in [6, 6.07) is 9.85. The number of nitrogens with one attached hydrogen (secondary N) is 1. The van der Waals surface area contributed by atoms with Crippen molar-refractivity contribution >= 4 is 5.97 Å². The van der Waals surface area contributed by atoms with Crippen LogP contribution in [0.3, 0.4) is 0 Å². The third-order valence-corrected chi connectivity index (χ3v) is 6.98. The Morgan fingerprint density at radius 1 is 1.18 bits per heavy atom. The van der Waals surface area contributed by atoms with Crippen molar-refractivity contribution in [3.8, 4) is 5.75 Å². The predicted molar refractivity (Wildman–Crippen MR) is 112 cm³/mol. The van der Waals surface area contributed by atoms with Crippen LogP contribution in [0.5, 0.6) is 5.75 Å². The smallest absolute Gasteiger partial charge is 0.331 e. The largest absolute Gasteiger partial charge is 0.425 e. The van der Waals surface area contributed by atoms with Gasteiger partial charge in [0, 0.05) is 29.7 Å². The lowest BCUT2D eigenvalue weighted by atomic mass is 9.61. The van der Waals surface area contributed by atoms with Gasteiger partial charge >= 0.3 is 5.97 Å². The molecule has 1 aromatic carbocycles. The first kappa shape index (κ1) is 19.9. The molecule has 1 aliphatic carbocycles. The Morgan fingerprint density at radius 2 is 1.86 bits per heavy atom. The topological polar surface area (TPSA) is 41.6 Å². The molecule has 1 aromatic rings. The molecular formula is C24H36N2O2. The molecule has 1 N–H and O–H groups in total. The SMILES string of the molecule is CC(C)CC(NC(C)C)c1ccccc1OC(=O)C1(C)CC2CC3CC(C2)N31. The Hall–Kier alpha value is -1.39. The number of rotatable bonds is 7. The van der Waals surface area contributed by atoms with Gasteiger partial charge in [-0.3, -0.25) is 4.90 Å². The van der Waals surface area contributed by atoms with Crippen molar-refractivity contribution < 1.29 is 9.53 Å². The molecular weight excluding hydrogens is 348 g/mol. The fourth-order valence-corrected chi connectivity index (χ4v) is 6.05. The first-order valence-corrected chi connectivity index (χ1v) is 11.1. The van der Waals surface area contributed by atoms with Gasteiger partial charge in [0.15, 0.2) is 0 Å². The molecule has 1 saturated carbocycles. The van der Waals surface area contributed by atoms with Crippen molar-refractivity contribution in [3.63, 3.8) is 0 Å². The van der Waals surface area contributed by atoms with E-state index in [1.165, 1.54) is 19.3 Å². The highest BCUT2D eigenvalue weighted by molar-refractivity contribution is 5.83. The zero-order valence-electron chi connectivity index (χ0n) is 18.1. The van der Waals surface area contributed by atoms with Crippen molar-refractivity contribution in [1.29, 1.82) is 0 Å². The van der Waals surface area contributed by atoms with Crippen LogP contribution in [0, 0.1) is 11.8 Å². The Bertz CT molecular complexity index is 709. The number of piperidine rings is 3. The van der Waals surface area contributed by atoms with Crippen LogP contribution < -0.4 is 10.1 Å². The van der Waals surface area contributed by atoms with Gasteiger partial charge in [-0.05, 0) is 56.9 Å². The number of nitrogens with zero attached hydrogens (tertiary/aromatic N) is 1. The summed E-state index contributed by atoms with van der Waals surface area (Å²) in [4.78, 5) is 15.8. The van der Waals surface area contributed by atoms with E-state index in [0.29, 0.717) is 30.0 Å². The number of ether oxygens (including phenoxy) is 1. The van der Waals surface area contributed by atoms with Gasteiger partial charge in [-0.1, -0.05) is 45.9 Å². The molecule has 0 spiro atoms. The maximum atomic E-state index is 13.4. The first-order chi connectivity index (χ1) is 13.3. The van der Waals surface area contributed by atoms with E-state index < -0.39 is 5.54 Å². The minimum absolute atomic E-state index is 0.0631. The molecule has 0 amide bonds. The Balaban J connectivity index is 1.56. The quantitative estimate of drug-likeness (QED) is 0.547. The molecule has 4 heterocycles. The predicted octanol–water partition coefficient (Wildman–Crippen LogP) is 4.69. The summed E-state index contributed by atoms with van der Waals surface area (Å²) in [6.07, 6.45) is 5.77. The monoisotopic (exact) mass is 384 g/mol. The third kappa shape index (κ3) is 3.50. The minimum atomic E-state index is -0.457. The third-order valence-electron chi connectivity index (χ3n) is 6.98. The molecule has 154 valence electrons. The van der Waals surface area contributed by atoms with Gasteiger partial charge in [0.25, 0.3) is 0 Å². The average molecular weight is 385 g/mol. The maximum Gasteiger partial charge on any atom is 0.331 e. The van der Waals surface area contributed by atoms with E-state index in [1.54, 1.807) is 0 Å². The fourth-order valence-electron chi connectivity index (χ4n) is 6.05. The number of esters is 1. The van der Waals surface area contributed by atoms with Gasteiger partial charge in [0.05, 0.1) is 0 Å². The van der Waals surface area contributed by atoms with Crippen LogP contribution in [-0.4, -0.2) is 34.5 Å². The number of fused-ring (bicyclic) bond motifs is 1. The maximum absolute atomic E-state index is 13.4. The lowest BCUT2D eigenvalue weighted by Crippen LogP contribution is -2.76. The number of hydrogen-bond acceptors (Lipinski definition) is 4. The van der Waals surface area contributed by atoms with Crippen LogP contribution in [-0.2, 0) is 4.79 Å². The summed E-state index contributed by atoms with van der Waals surface area (Å²) in [5, 5.41) is 3.67. The molecule has 4 heteroatoms. The second kappa shape index (κ2) is 7.46. The molecule has 6 rings (SSSR count). The van der Waals surface area contributed by atoms with Crippen molar-refractivity contribution in [1.82, 2.24) is 10.2 Å². The van der Waals surface area contributed by atoms with Crippen molar-refractivity contribution in [2.45, 2.75) is 96.4 Å². The van der Waals surface area contributed by atoms with E-state index in [-0.39, 0.29) is 12.0 Å². The van der Waals surface area contributed by atoms with Gasteiger partial charge in [0.2, 0.25) is 0 Å². The molecule has 0 radical (unpaired) electrons. The molecule has 0 aromatic heterocycles. The lowest BCUT2D eigenvalue weighted by molar-refractivity contribution is -0.196. The van der Waals surface area contributed by atoms with E-state index in [2.05, 4.69) is 50.9 Å². The summed E-state index contributed by atoms with van der Waals surface area (Å²) in [5.74, 6) is 1.92. The summed E-state index contributed by atoms with van der Waals surface area (Å²) in [6.45, 7) is 10.9. The Kier molecular flexibility index (Phi) is 5.30. The first-order valence-electron chi connectivity index (χ1n) is 11.1. The standard InChI is InChI=1S/C24H36N2O2/c1-15(2)10-21(25-16(3)4)20-8-6-7-9-22(20)28-23(27)24(5)14-17-11-18-13-19(12-17)26(18)24/h6-9,15-19,21,25H,10-14H2,1-5H3. The molecule has 4 nitrogen and oxygen atoms in total. The van der Waals surface area contributed by atoms with Gasteiger partial charge in [0.1, 0.15) is 11.3 Å². The lowest BCUT2D eigenvalue weighted by Gasteiger charge is -2.66. The number of carbonyl (C=O) groups excluding carboxylic acids is 1. The molecule has 28 heavy (non-hydrogen) atoms. The summed E-state index contributed by atoms with van der Waals surface area (Å²) in [7, 11) is 0. The van der Waals surface area contributed by atoms with Gasteiger partial charge in [-0.2, -0.15) is 0 Å². The van der Waals surface area contributed by atoms with Crippen LogP contribution >= 0.6 is 0 Å². The van der Waals surface area contributed by atoms with Crippen molar-refractivity contribution in [2.24, 2.45) is 11.8 Å². The molecule has 5 aliphatic rings. The Labute approximate surface area is 170 Å². The molecule has 4 saturated heterocycles. The summed E-state index contributed by atoms with van der Waals surface area (Å²) in [5.41, 5.74) is 0.643. The second-order valence-corrected chi connectivity index (χ2v) is 10.2. The number of benzene rings is 1. The van der Waals surface area contributed by atoms with Gasteiger partial charge in [-0.25, -0.2) is 4.79 Å². The minimum Gasteiger partial charge on any atom is -0.425 e. The van der Waals surface area contributed by atoms with E-state index in [4.69, 9.17) is 4.74 Å². The number of carbonyl (C=O) groups is 1. The zero-order chi connectivity index (χ0) is 20.1. The molecule has 5 fully saturated rings. The Morgan fingerprint density at radius 3 is 2.46 bits per heavy atom. The van der Waals surface area contributed by atoms with Crippen LogP contribution in [0.1, 0.15) is 78.3 Å². The molecule has 4 aliphatic heterocycles. The summed E-state index contributed by atoms with van der Waals surface area (Å²) < 4.78 is 6.13. The number of para-hydroxylation sites is 1. The van der Waals surface area contributed by atoms with Crippen LogP contribution in [0.25, 0.3) is 0 Å². The van der Waals surface area contributed by atoms with E-state index in [1.807, 2.05) is 18.2 Å². The number of hydrogen-bond donors (Lipinski definition) is 1. The van der Waals surface area contributed by atoms with Crippen LogP contribution in [0.15, 0.2) is 24.3 Å². The highest BCUT2D eigenvalue weighted by Gasteiger charge is 2.61.